The van der Waals surface area contributed by atoms with Crippen LogP contribution in [0.15, 0.2) is 49.7 Å². The Morgan fingerprint density at radius 1 is 1.26 bits per heavy atom. The number of hydrogen-bond donors (Lipinski definition) is 1. The lowest BCUT2D eigenvalue weighted by molar-refractivity contribution is 0.413. The lowest BCUT2D eigenvalue weighted by atomic mass is 10.3. The molecule has 0 aliphatic carbocycles. The third kappa shape index (κ3) is 3.21. The third-order valence-corrected chi connectivity index (χ3v) is 6.48. The highest BCUT2D eigenvalue weighted by Crippen LogP contribution is 2.28. The van der Waals surface area contributed by atoms with E-state index in [0.29, 0.717) is 14.9 Å². The molecular formula is C11H11NO4S3. The summed E-state index contributed by atoms with van der Waals surface area (Å²) in [6.07, 6.45) is 0. The standard InChI is InChI=1S/C11H11NO4S3/c1-16-8-3-2-4-9(7-8)18(13)10-5-6-11(17-10)19(12,14)15/h2-7H,1H3,(H2,12,14,15)/t18-/m1/s1. The molecule has 0 fully saturated rings. The Kier molecular flexibility index (Phi) is 4.04. The molecule has 2 rings (SSSR count). The zero-order valence-corrected chi connectivity index (χ0v) is 12.3. The van der Waals surface area contributed by atoms with Gasteiger partial charge in [0.25, 0.3) is 0 Å². The van der Waals surface area contributed by atoms with E-state index in [2.05, 4.69) is 0 Å². The van der Waals surface area contributed by atoms with Crippen molar-refractivity contribution in [1.82, 2.24) is 0 Å². The molecule has 2 N–H and O–H groups in total. The molecule has 0 saturated heterocycles. The number of thiophene rings is 1. The first-order valence-corrected chi connectivity index (χ1v) is 8.61. The molecule has 19 heavy (non-hydrogen) atoms. The predicted molar refractivity (Wildman–Crippen MR) is 73.4 cm³/mol. The minimum absolute atomic E-state index is 0.00116. The zero-order valence-electron chi connectivity index (χ0n) is 9.90. The Balaban J connectivity index is 2.36. The first-order valence-electron chi connectivity index (χ1n) is 5.10. The average molecular weight is 317 g/mol. The van der Waals surface area contributed by atoms with Gasteiger partial charge in [-0.2, -0.15) is 0 Å². The molecule has 0 spiro atoms. The van der Waals surface area contributed by atoms with Crippen molar-refractivity contribution in [2.75, 3.05) is 7.11 Å². The van der Waals surface area contributed by atoms with Gasteiger partial charge in [-0.1, -0.05) is 6.07 Å². The number of benzene rings is 1. The second kappa shape index (κ2) is 5.41. The molecule has 1 aromatic carbocycles. The van der Waals surface area contributed by atoms with Crippen molar-refractivity contribution in [3.63, 3.8) is 0 Å². The Morgan fingerprint density at radius 2 is 2.00 bits per heavy atom. The second-order valence-corrected chi connectivity index (χ2v) is 8.15. The summed E-state index contributed by atoms with van der Waals surface area (Å²) in [6, 6.07) is 9.65. The van der Waals surface area contributed by atoms with Crippen molar-refractivity contribution < 1.29 is 17.4 Å². The highest BCUT2D eigenvalue weighted by atomic mass is 32.3. The van der Waals surface area contributed by atoms with Gasteiger partial charge in [0, 0.05) is 4.90 Å². The minimum Gasteiger partial charge on any atom is -0.497 e. The van der Waals surface area contributed by atoms with Crippen LogP contribution in [0.1, 0.15) is 0 Å². The van der Waals surface area contributed by atoms with Gasteiger partial charge in [-0.25, -0.2) is 17.8 Å². The van der Waals surface area contributed by atoms with Crippen LogP contribution in [0.25, 0.3) is 0 Å². The SMILES string of the molecule is COc1cccc([S@@](=O)c2ccc(S(N)(=O)=O)s2)c1. The van der Waals surface area contributed by atoms with E-state index in [1.807, 2.05) is 0 Å². The summed E-state index contributed by atoms with van der Waals surface area (Å²) >= 11 is 0.902. The minimum atomic E-state index is -3.75. The van der Waals surface area contributed by atoms with E-state index in [0.717, 1.165) is 11.3 Å². The Bertz CT molecular complexity index is 721. The molecule has 5 nitrogen and oxygen atoms in total. The van der Waals surface area contributed by atoms with Crippen LogP contribution >= 0.6 is 11.3 Å². The normalized spacial score (nSPS) is 13.2. The van der Waals surface area contributed by atoms with Gasteiger partial charge in [-0.05, 0) is 30.3 Å². The predicted octanol–water partition coefficient (Wildman–Crippen LogP) is 1.57. The fourth-order valence-electron chi connectivity index (χ4n) is 1.39. The molecule has 2 aromatic rings. The van der Waals surface area contributed by atoms with Crippen molar-refractivity contribution in [3.05, 3.63) is 36.4 Å². The van der Waals surface area contributed by atoms with Crippen LogP contribution < -0.4 is 9.88 Å². The summed E-state index contributed by atoms with van der Waals surface area (Å²) in [7, 11) is -3.69. The third-order valence-electron chi connectivity index (χ3n) is 2.28. The first kappa shape index (κ1) is 14.2. The maximum Gasteiger partial charge on any atom is 0.247 e. The van der Waals surface area contributed by atoms with E-state index >= 15 is 0 Å². The maximum atomic E-state index is 12.3. The van der Waals surface area contributed by atoms with E-state index in [1.54, 1.807) is 24.3 Å². The number of sulfonamides is 1. The molecule has 1 aromatic heterocycles. The van der Waals surface area contributed by atoms with Crippen molar-refractivity contribution in [3.8, 4) is 5.75 Å². The van der Waals surface area contributed by atoms with Gasteiger partial charge in [-0.15, -0.1) is 11.3 Å². The van der Waals surface area contributed by atoms with Crippen LogP contribution in [-0.4, -0.2) is 19.7 Å². The fraction of sp³-hybridized carbons (Fsp3) is 0.0909. The molecule has 1 atom stereocenters. The molecule has 1 heterocycles. The highest BCUT2D eigenvalue weighted by Gasteiger charge is 2.16. The number of ether oxygens (including phenoxy) is 1. The van der Waals surface area contributed by atoms with E-state index in [4.69, 9.17) is 9.88 Å². The van der Waals surface area contributed by atoms with E-state index in [1.165, 1.54) is 19.2 Å². The topological polar surface area (TPSA) is 86.5 Å². The molecule has 102 valence electrons. The van der Waals surface area contributed by atoms with E-state index < -0.39 is 20.8 Å². The van der Waals surface area contributed by atoms with Crippen molar-refractivity contribution in [1.29, 1.82) is 0 Å². The zero-order chi connectivity index (χ0) is 14.0. The van der Waals surface area contributed by atoms with Crippen LogP contribution in [0.2, 0.25) is 0 Å². The lowest BCUT2D eigenvalue weighted by Crippen LogP contribution is -2.09. The molecule has 0 saturated carbocycles. The molecule has 0 unspecified atom stereocenters. The van der Waals surface area contributed by atoms with Crippen LogP contribution in [-0.2, 0) is 20.8 Å². The number of primary sulfonamides is 1. The molecule has 0 aliphatic rings. The Morgan fingerprint density at radius 3 is 2.58 bits per heavy atom. The molecule has 0 aliphatic heterocycles. The van der Waals surface area contributed by atoms with Crippen LogP contribution in [0.3, 0.4) is 0 Å². The summed E-state index contributed by atoms with van der Waals surface area (Å²) in [5.74, 6) is 0.592. The van der Waals surface area contributed by atoms with Crippen LogP contribution in [0, 0.1) is 0 Å². The second-order valence-electron chi connectivity index (χ2n) is 3.57. The molecule has 0 bridgehead atoms. The number of hydrogen-bond acceptors (Lipinski definition) is 5. The molecular weight excluding hydrogens is 306 g/mol. The smallest absolute Gasteiger partial charge is 0.247 e. The number of rotatable bonds is 4. The largest absolute Gasteiger partial charge is 0.497 e. The van der Waals surface area contributed by atoms with Crippen molar-refractivity contribution in [2.24, 2.45) is 5.14 Å². The Labute approximate surface area is 117 Å². The van der Waals surface area contributed by atoms with Gasteiger partial charge < -0.3 is 4.74 Å². The van der Waals surface area contributed by atoms with Crippen LogP contribution in [0.5, 0.6) is 5.75 Å². The van der Waals surface area contributed by atoms with Gasteiger partial charge in [0.2, 0.25) is 10.0 Å². The summed E-state index contributed by atoms with van der Waals surface area (Å²) in [5.41, 5.74) is 0. The van der Waals surface area contributed by atoms with Gasteiger partial charge >= 0.3 is 0 Å². The summed E-state index contributed by atoms with van der Waals surface area (Å²) < 4.78 is 40.1. The lowest BCUT2D eigenvalue weighted by Gasteiger charge is -2.02. The van der Waals surface area contributed by atoms with Crippen molar-refractivity contribution in [2.45, 2.75) is 13.3 Å². The van der Waals surface area contributed by atoms with E-state index in [9.17, 15) is 12.6 Å². The first-order chi connectivity index (χ1) is 8.91. The van der Waals surface area contributed by atoms with Crippen molar-refractivity contribution >= 4 is 32.2 Å². The quantitative estimate of drug-likeness (QED) is 0.927. The summed E-state index contributed by atoms with van der Waals surface area (Å²) in [5, 5.41) is 5.02. The van der Waals surface area contributed by atoms with Gasteiger partial charge in [0.15, 0.2) is 0 Å². The van der Waals surface area contributed by atoms with E-state index in [-0.39, 0.29) is 4.21 Å². The summed E-state index contributed by atoms with van der Waals surface area (Å²) in [6.45, 7) is 0. The average Bonchev–Trinajstić information content (AvgIpc) is 2.87. The maximum absolute atomic E-state index is 12.3. The highest BCUT2D eigenvalue weighted by molar-refractivity contribution is 7.92. The fourth-order valence-corrected chi connectivity index (χ4v) is 4.72. The van der Waals surface area contributed by atoms with Crippen LogP contribution in [0.4, 0.5) is 0 Å². The summed E-state index contributed by atoms with van der Waals surface area (Å²) in [4.78, 5) is 0.544. The molecule has 0 amide bonds. The van der Waals surface area contributed by atoms with Gasteiger partial charge in [0.1, 0.15) is 9.96 Å². The Hall–Kier alpha value is -1.22. The number of nitrogens with two attached hydrogens (primary N) is 1. The molecule has 0 radical (unpaired) electrons. The number of methoxy groups -OCH3 is 1. The van der Waals surface area contributed by atoms with Gasteiger partial charge in [-0.3, -0.25) is 0 Å². The molecule has 8 heteroatoms. The monoisotopic (exact) mass is 317 g/mol. The van der Waals surface area contributed by atoms with Gasteiger partial charge in [0.05, 0.1) is 22.1 Å².